The Balaban J connectivity index is 1.42. The van der Waals surface area contributed by atoms with Gasteiger partial charge in [-0.15, -0.1) is 27.8 Å². The van der Waals surface area contributed by atoms with Crippen LogP contribution in [0.3, 0.4) is 0 Å². The van der Waals surface area contributed by atoms with E-state index in [1.54, 1.807) is 28.2 Å². The molecule has 0 aliphatic carbocycles. The Morgan fingerprint density at radius 1 is 1.13 bits per heavy atom. The number of rotatable bonds is 8. The fourth-order valence-corrected chi connectivity index (χ4v) is 4.45. The largest absolute Gasteiger partial charge is 0.349 e. The summed E-state index contributed by atoms with van der Waals surface area (Å²) in [5, 5.41) is 12.4. The molecule has 4 aromatic rings. The summed E-state index contributed by atoms with van der Waals surface area (Å²) in [5.74, 6) is 0.000321. The van der Waals surface area contributed by atoms with E-state index in [1.807, 2.05) is 29.8 Å². The average molecular weight is 442 g/mol. The van der Waals surface area contributed by atoms with Crippen molar-refractivity contribution in [1.82, 2.24) is 25.1 Å². The maximum atomic E-state index is 13.3. The highest BCUT2D eigenvalue weighted by Gasteiger charge is 2.19. The summed E-state index contributed by atoms with van der Waals surface area (Å²) < 4.78 is 14.9. The van der Waals surface area contributed by atoms with Crippen LogP contribution in [0.25, 0.3) is 16.4 Å². The number of amides is 1. The average Bonchev–Trinajstić information content (AvgIpc) is 3.48. The van der Waals surface area contributed by atoms with Crippen LogP contribution in [0.1, 0.15) is 34.2 Å². The molecule has 0 unspecified atom stereocenters. The highest BCUT2D eigenvalue weighted by molar-refractivity contribution is 7.13. The van der Waals surface area contributed by atoms with Crippen molar-refractivity contribution in [2.45, 2.75) is 26.2 Å². The quantitative estimate of drug-likeness (QED) is 0.404. The smallest absolute Gasteiger partial charge is 0.290 e. The zero-order valence-electron chi connectivity index (χ0n) is 16.3. The Kier molecular flexibility index (Phi) is 6.29. The fourth-order valence-electron chi connectivity index (χ4n) is 2.94. The van der Waals surface area contributed by atoms with Crippen LogP contribution in [-0.4, -0.2) is 32.2 Å². The monoisotopic (exact) mass is 441 g/mol. The predicted octanol–water partition coefficient (Wildman–Crippen LogP) is 4.65. The number of hydrogen-bond donors (Lipinski definition) is 1. The number of thiazole rings is 1. The minimum Gasteiger partial charge on any atom is -0.349 e. The van der Waals surface area contributed by atoms with E-state index in [9.17, 15) is 9.18 Å². The molecule has 0 saturated carbocycles. The standard InChI is InChI=1S/C21H20FN5OS2/c1-14-13-30-18(24-14)6-2-3-11-23-21(28)19-25-20(17-5-4-12-29-17)27(26-19)16-9-7-15(22)8-10-16/h4-5,7-10,12-13H,2-3,6,11H2,1H3,(H,23,28). The number of nitrogens with zero attached hydrogens (tertiary/aromatic N) is 4. The summed E-state index contributed by atoms with van der Waals surface area (Å²) in [4.78, 5) is 22.4. The van der Waals surface area contributed by atoms with Crippen molar-refractivity contribution < 1.29 is 9.18 Å². The lowest BCUT2D eigenvalue weighted by molar-refractivity contribution is 0.0942. The SMILES string of the molecule is Cc1csc(CCCCNC(=O)c2nc(-c3cccs3)n(-c3ccc(F)cc3)n2)n1. The summed E-state index contributed by atoms with van der Waals surface area (Å²) in [6.45, 7) is 2.53. The second-order valence-corrected chi connectivity index (χ2v) is 8.61. The van der Waals surface area contributed by atoms with Gasteiger partial charge in [-0.2, -0.15) is 0 Å². The molecule has 0 aliphatic heterocycles. The minimum atomic E-state index is -0.331. The van der Waals surface area contributed by atoms with Gasteiger partial charge in [-0.3, -0.25) is 4.79 Å². The molecule has 0 atom stereocenters. The number of aromatic nitrogens is 4. The molecular formula is C21H20FN5OS2. The molecule has 0 fully saturated rings. The third-order valence-electron chi connectivity index (χ3n) is 4.39. The van der Waals surface area contributed by atoms with Gasteiger partial charge in [0.1, 0.15) is 5.82 Å². The normalized spacial score (nSPS) is 11.0. The second-order valence-electron chi connectivity index (χ2n) is 6.72. The first-order chi connectivity index (χ1) is 14.6. The van der Waals surface area contributed by atoms with Crippen molar-refractivity contribution in [2.24, 2.45) is 0 Å². The maximum Gasteiger partial charge on any atom is 0.290 e. The molecule has 0 saturated heterocycles. The highest BCUT2D eigenvalue weighted by atomic mass is 32.1. The second kappa shape index (κ2) is 9.27. The molecule has 0 aliphatic rings. The van der Waals surface area contributed by atoms with E-state index in [4.69, 9.17) is 0 Å². The van der Waals surface area contributed by atoms with Gasteiger partial charge >= 0.3 is 0 Å². The molecule has 0 bridgehead atoms. The minimum absolute atomic E-state index is 0.0956. The van der Waals surface area contributed by atoms with E-state index < -0.39 is 0 Å². The van der Waals surface area contributed by atoms with E-state index in [1.165, 1.54) is 23.5 Å². The molecule has 3 aromatic heterocycles. The Morgan fingerprint density at radius 2 is 1.97 bits per heavy atom. The first-order valence-corrected chi connectivity index (χ1v) is 11.3. The number of benzene rings is 1. The van der Waals surface area contributed by atoms with E-state index >= 15 is 0 Å². The number of unbranched alkanes of at least 4 members (excludes halogenated alkanes) is 1. The van der Waals surface area contributed by atoms with Crippen LogP contribution in [0, 0.1) is 12.7 Å². The molecule has 1 amide bonds. The third kappa shape index (κ3) is 4.80. The number of hydrogen-bond acceptors (Lipinski definition) is 6. The maximum absolute atomic E-state index is 13.3. The van der Waals surface area contributed by atoms with Gasteiger partial charge in [0.15, 0.2) is 5.82 Å². The molecule has 6 nitrogen and oxygen atoms in total. The third-order valence-corrected chi connectivity index (χ3v) is 6.28. The van der Waals surface area contributed by atoms with Crippen molar-refractivity contribution in [3.05, 3.63) is 69.5 Å². The van der Waals surface area contributed by atoms with E-state index in [2.05, 4.69) is 20.4 Å². The first-order valence-electron chi connectivity index (χ1n) is 9.56. The molecule has 1 aromatic carbocycles. The van der Waals surface area contributed by atoms with Gasteiger partial charge < -0.3 is 5.32 Å². The summed E-state index contributed by atoms with van der Waals surface area (Å²) >= 11 is 3.17. The van der Waals surface area contributed by atoms with E-state index in [-0.39, 0.29) is 17.5 Å². The van der Waals surface area contributed by atoms with Crippen LogP contribution < -0.4 is 5.32 Å². The predicted molar refractivity (Wildman–Crippen MR) is 117 cm³/mol. The first kappa shape index (κ1) is 20.4. The highest BCUT2D eigenvalue weighted by Crippen LogP contribution is 2.25. The van der Waals surface area contributed by atoms with Crippen molar-refractivity contribution in [2.75, 3.05) is 6.54 Å². The van der Waals surface area contributed by atoms with Gasteiger partial charge in [0.05, 0.1) is 15.6 Å². The lowest BCUT2D eigenvalue weighted by atomic mass is 10.2. The van der Waals surface area contributed by atoms with Crippen LogP contribution in [0.4, 0.5) is 4.39 Å². The zero-order valence-corrected chi connectivity index (χ0v) is 18.0. The topological polar surface area (TPSA) is 72.7 Å². The lowest BCUT2D eigenvalue weighted by Gasteiger charge is -2.04. The van der Waals surface area contributed by atoms with E-state index in [0.29, 0.717) is 18.1 Å². The number of nitrogens with one attached hydrogen (secondary N) is 1. The van der Waals surface area contributed by atoms with Gasteiger partial charge in [-0.1, -0.05) is 6.07 Å². The summed E-state index contributed by atoms with van der Waals surface area (Å²) in [5.41, 5.74) is 1.69. The van der Waals surface area contributed by atoms with Gasteiger partial charge in [0.25, 0.3) is 5.91 Å². The molecule has 30 heavy (non-hydrogen) atoms. The van der Waals surface area contributed by atoms with Crippen LogP contribution in [-0.2, 0) is 6.42 Å². The Hall–Kier alpha value is -2.91. The molecule has 1 N–H and O–H groups in total. The summed E-state index contributed by atoms with van der Waals surface area (Å²) in [6, 6.07) is 9.77. The van der Waals surface area contributed by atoms with Crippen molar-refractivity contribution in [3.8, 4) is 16.4 Å². The van der Waals surface area contributed by atoms with Crippen molar-refractivity contribution in [3.63, 3.8) is 0 Å². The molecule has 0 radical (unpaired) electrons. The fraction of sp³-hybridized carbons (Fsp3) is 0.238. The van der Waals surface area contributed by atoms with Crippen molar-refractivity contribution in [1.29, 1.82) is 0 Å². The molecule has 3 heterocycles. The van der Waals surface area contributed by atoms with Gasteiger partial charge in [-0.05, 0) is 61.9 Å². The van der Waals surface area contributed by atoms with Gasteiger partial charge in [0, 0.05) is 17.6 Å². The molecule has 9 heteroatoms. The molecule has 4 rings (SSSR count). The van der Waals surface area contributed by atoms with Crippen LogP contribution in [0.2, 0.25) is 0 Å². The van der Waals surface area contributed by atoms with Gasteiger partial charge in [0.2, 0.25) is 5.82 Å². The zero-order chi connectivity index (χ0) is 20.9. The number of thiophene rings is 1. The molecular weight excluding hydrogens is 421 g/mol. The number of carbonyl (C=O) groups excluding carboxylic acids is 1. The Labute approximate surface area is 181 Å². The Bertz CT molecular complexity index is 1120. The van der Waals surface area contributed by atoms with Crippen molar-refractivity contribution >= 4 is 28.6 Å². The van der Waals surface area contributed by atoms with Gasteiger partial charge in [-0.25, -0.2) is 19.0 Å². The molecule has 154 valence electrons. The van der Waals surface area contributed by atoms with E-state index in [0.717, 1.165) is 34.8 Å². The molecule has 0 spiro atoms. The summed E-state index contributed by atoms with van der Waals surface area (Å²) in [6.07, 6.45) is 2.71. The van der Waals surface area contributed by atoms with Crippen LogP contribution >= 0.6 is 22.7 Å². The summed E-state index contributed by atoms with van der Waals surface area (Å²) in [7, 11) is 0. The number of halogens is 1. The lowest BCUT2D eigenvalue weighted by Crippen LogP contribution is -2.25. The Morgan fingerprint density at radius 3 is 2.67 bits per heavy atom. The number of aryl methyl sites for hydroxylation is 2. The van der Waals surface area contributed by atoms with Crippen LogP contribution in [0.15, 0.2) is 47.2 Å². The van der Waals surface area contributed by atoms with Crippen LogP contribution in [0.5, 0.6) is 0 Å². The number of carbonyl (C=O) groups is 1.